The lowest BCUT2D eigenvalue weighted by atomic mass is 10.0. The average Bonchev–Trinajstić information content (AvgIpc) is 2.44. The van der Waals surface area contributed by atoms with Crippen LogP contribution in [0.2, 0.25) is 0 Å². The molecule has 1 aromatic rings. The number of rotatable bonds is 5. The zero-order valence-corrected chi connectivity index (χ0v) is 13.3. The monoisotopic (exact) mass is 367 g/mol. The van der Waals surface area contributed by atoms with Crippen molar-refractivity contribution in [2.45, 2.75) is 38.2 Å². The first kappa shape index (κ1) is 20.6. The molecule has 0 aliphatic heterocycles. The first-order valence-corrected chi connectivity index (χ1v) is 6.88. The number of alkyl halides is 6. The van der Waals surface area contributed by atoms with Gasteiger partial charge in [-0.2, -0.15) is 26.3 Å². The predicted octanol–water partition coefficient (Wildman–Crippen LogP) is 3.37. The Morgan fingerprint density at radius 1 is 1.28 bits per heavy atom. The van der Waals surface area contributed by atoms with E-state index in [1.54, 1.807) is 0 Å². The highest BCUT2D eigenvalue weighted by atomic mass is 19.4. The molecule has 25 heavy (non-hydrogen) atoms. The van der Waals surface area contributed by atoms with E-state index >= 15 is 0 Å². The van der Waals surface area contributed by atoms with Crippen LogP contribution in [0.5, 0.6) is 0 Å². The second-order valence-corrected chi connectivity index (χ2v) is 5.68. The van der Waals surface area contributed by atoms with Crippen LogP contribution in [0.3, 0.4) is 0 Å². The fraction of sp³-hybridized carbons (Fsp3) is 0.467. The van der Waals surface area contributed by atoms with Crippen LogP contribution in [0.15, 0.2) is 12.3 Å². The van der Waals surface area contributed by atoms with E-state index in [0.717, 1.165) is 4.90 Å². The lowest BCUT2D eigenvalue weighted by Crippen LogP contribution is -2.46. The Bertz CT molecular complexity index is 688. The van der Waals surface area contributed by atoms with Gasteiger partial charge < -0.3 is 10.6 Å². The maximum Gasteiger partial charge on any atom is 0.417 e. The summed E-state index contributed by atoms with van der Waals surface area (Å²) in [5, 5.41) is 0. The summed E-state index contributed by atoms with van der Waals surface area (Å²) in [6.07, 6.45) is -4.92. The number of halogens is 6. The van der Waals surface area contributed by atoms with Crippen molar-refractivity contribution in [3.8, 4) is 12.3 Å². The Morgan fingerprint density at radius 3 is 2.24 bits per heavy atom. The molecule has 0 unspecified atom stereocenters. The summed E-state index contributed by atoms with van der Waals surface area (Å²) in [4.78, 5) is 16.0. The smallest absolute Gasteiger partial charge is 0.365 e. The first-order valence-electron chi connectivity index (χ1n) is 6.88. The Kier molecular flexibility index (Phi) is 5.62. The summed E-state index contributed by atoms with van der Waals surface area (Å²) < 4.78 is 76.0. The third kappa shape index (κ3) is 5.27. The molecule has 0 atom stereocenters. The maximum atomic E-state index is 12.8. The van der Waals surface area contributed by atoms with Crippen LogP contribution in [0.25, 0.3) is 0 Å². The van der Waals surface area contributed by atoms with Crippen molar-refractivity contribution < 1.29 is 31.1 Å². The van der Waals surface area contributed by atoms with Gasteiger partial charge in [0.15, 0.2) is 0 Å². The van der Waals surface area contributed by atoms with Crippen LogP contribution >= 0.6 is 0 Å². The zero-order valence-electron chi connectivity index (χ0n) is 13.3. The summed E-state index contributed by atoms with van der Waals surface area (Å²) in [7, 11) is 0. The van der Waals surface area contributed by atoms with Gasteiger partial charge in [-0.05, 0) is 19.9 Å². The van der Waals surface area contributed by atoms with Gasteiger partial charge in [0, 0.05) is 12.7 Å². The van der Waals surface area contributed by atoms with Crippen molar-refractivity contribution in [2.24, 2.45) is 5.73 Å². The van der Waals surface area contributed by atoms with Crippen LogP contribution in [0.1, 0.15) is 36.2 Å². The second-order valence-electron chi connectivity index (χ2n) is 5.68. The van der Waals surface area contributed by atoms with Crippen molar-refractivity contribution >= 4 is 11.7 Å². The van der Waals surface area contributed by atoms with Crippen LogP contribution in [0, 0.1) is 12.3 Å². The Hall–Kier alpha value is -2.44. The Balaban J connectivity index is 3.48. The van der Waals surface area contributed by atoms with Crippen LogP contribution in [-0.4, -0.2) is 29.2 Å². The molecule has 0 radical (unpaired) electrons. The largest absolute Gasteiger partial charge is 0.417 e. The number of nitrogens with zero attached hydrogens (tertiary/aromatic N) is 2. The molecule has 1 rings (SSSR count). The molecule has 0 fully saturated rings. The van der Waals surface area contributed by atoms with Gasteiger partial charge in [0.1, 0.15) is 5.82 Å². The number of carbonyl (C=O) groups excluding carboxylic acids is 1. The first-order chi connectivity index (χ1) is 11.2. The molecule has 0 aliphatic rings. The molecule has 0 aliphatic carbocycles. The van der Waals surface area contributed by atoms with E-state index < -0.39 is 53.7 Å². The van der Waals surface area contributed by atoms with Crippen molar-refractivity contribution in [2.75, 3.05) is 11.4 Å². The summed E-state index contributed by atoms with van der Waals surface area (Å²) in [6.45, 7) is 2.03. The normalized spacial score (nSPS) is 12.6. The highest BCUT2D eigenvalue weighted by Crippen LogP contribution is 2.34. The van der Waals surface area contributed by atoms with Gasteiger partial charge >= 0.3 is 12.4 Å². The molecule has 10 heteroatoms. The van der Waals surface area contributed by atoms with E-state index in [9.17, 15) is 31.1 Å². The molecule has 138 valence electrons. The molecule has 1 aromatic heterocycles. The highest BCUT2D eigenvalue weighted by molar-refractivity contribution is 5.98. The number of amides is 1. The molecule has 4 nitrogen and oxygen atoms in total. The van der Waals surface area contributed by atoms with Crippen molar-refractivity contribution in [1.82, 2.24) is 4.98 Å². The molecule has 0 bridgehead atoms. The van der Waals surface area contributed by atoms with Crippen molar-refractivity contribution in [3.63, 3.8) is 0 Å². The number of pyridine rings is 1. The Labute approximate surface area is 140 Å². The summed E-state index contributed by atoms with van der Waals surface area (Å²) in [6, 6.07) is 0.442. The molecule has 0 aromatic carbocycles. The number of hydrogen-bond acceptors (Lipinski definition) is 3. The maximum absolute atomic E-state index is 12.8. The molecular weight excluding hydrogens is 352 g/mol. The minimum atomic E-state index is -4.80. The molecule has 0 saturated heterocycles. The standard InChI is InChI=1S/C15H15F6N3O/c1-4-13(2,3)24(6-5-14(16,17)18)12-10(11(22)25)7-9(8-23-12)15(19,20)21/h1,7-8H,5-6H2,2-3H3,(H2,22,25). The third-order valence-electron chi connectivity index (χ3n) is 3.36. The highest BCUT2D eigenvalue weighted by Gasteiger charge is 2.36. The second kappa shape index (κ2) is 6.82. The fourth-order valence-electron chi connectivity index (χ4n) is 1.98. The lowest BCUT2D eigenvalue weighted by molar-refractivity contribution is -0.137. The molecule has 1 amide bonds. The van der Waals surface area contributed by atoms with E-state index in [1.807, 2.05) is 0 Å². The molecule has 0 spiro atoms. The van der Waals surface area contributed by atoms with Gasteiger partial charge in [-0.15, -0.1) is 6.42 Å². The quantitative estimate of drug-likeness (QED) is 0.641. The molecule has 2 N–H and O–H groups in total. The minimum absolute atomic E-state index is 0.412. The third-order valence-corrected chi connectivity index (χ3v) is 3.36. The van der Waals surface area contributed by atoms with Gasteiger partial charge in [0.25, 0.3) is 5.91 Å². The average molecular weight is 367 g/mol. The van der Waals surface area contributed by atoms with Crippen LogP contribution in [-0.2, 0) is 6.18 Å². The molecule has 0 saturated carbocycles. The van der Waals surface area contributed by atoms with Gasteiger partial charge in [-0.3, -0.25) is 4.79 Å². The number of hydrogen-bond donors (Lipinski definition) is 1. The van der Waals surface area contributed by atoms with Gasteiger partial charge in [0.2, 0.25) is 0 Å². The molecular formula is C15H15F6N3O. The van der Waals surface area contributed by atoms with Gasteiger partial charge in [0.05, 0.1) is 23.1 Å². The number of terminal acetylenes is 1. The van der Waals surface area contributed by atoms with Crippen LogP contribution in [0.4, 0.5) is 32.2 Å². The van der Waals surface area contributed by atoms with E-state index in [-0.39, 0.29) is 0 Å². The van der Waals surface area contributed by atoms with Crippen molar-refractivity contribution in [1.29, 1.82) is 0 Å². The summed E-state index contributed by atoms with van der Waals surface area (Å²) in [5.41, 5.74) is 1.81. The Morgan fingerprint density at radius 2 is 1.84 bits per heavy atom. The lowest BCUT2D eigenvalue weighted by Gasteiger charge is -2.36. The number of nitrogens with two attached hydrogens (primary N) is 1. The summed E-state index contributed by atoms with van der Waals surface area (Å²) in [5.74, 6) is 0.529. The van der Waals surface area contributed by atoms with E-state index in [2.05, 4.69) is 10.9 Å². The fourth-order valence-corrected chi connectivity index (χ4v) is 1.98. The SMILES string of the molecule is C#CC(C)(C)N(CCC(F)(F)F)c1ncc(C(F)(F)F)cc1C(N)=O. The number of aromatic nitrogens is 1. The van der Waals surface area contributed by atoms with E-state index in [4.69, 9.17) is 12.2 Å². The zero-order chi connectivity index (χ0) is 19.6. The minimum Gasteiger partial charge on any atom is -0.365 e. The number of primary amides is 1. The summed E-state index contributed by atoms with van der Waals surface area (Å²) >= 11 is 0. The van der Waals surface area contributed by atoms with Crippen molar-refractivity contribution in [3.05, 3.63) is 23.4 Å². The van der Waals surface area contributed by atoms with Crippen LogP contribution < -0.4 is 10.6 Å². The van der Waals surface area contributed by atoms with E-state index in [1.165, 1.54) is 13.8 Å². The number of carbonyl (C=O) groups is 1. The van der Waals surface area contributed by atoms with E-state index in [0.29, 0.717) is 12.3 Å². The van der Waals surface area contributed by atoms with Gasteiger partial charge in [-0.25, -0.2) is 4.98 Å². The topological polar surface area (TPSA) is 59.2 Å². The molecule has 1 heterocycles. The predicted molar refractivity (Wildman–Crippen MR) is 78.7 cm³/mol. The van der Waals surface area contributed by atoms with Gasteiger partial charge in [-0.1, -0.05) is 5.92 Å². The number of anilines is 1.